The lowest BCUT2D eigenvalue weighted by atomic mass is 9.47. The number of unbranched alkanes of at least 4 members (excludes halogenated alkanes) is 2. The number of fused-ring (bicyclic) bond motifs is 5. The summed E-state index contributed by atoms with van der Waals surface area (Å²) in [6, 6.07) is 0. The molecular weight excluding hydrogens is 392 g/mol. The van der Waals surface area contributed by atoms with Gasteiger partial charge in [-0.2, -0.15) is 0 Å². The first kappa shape index (κ1) is 24.5. The third-order valence-corrected chi connectivity index (χ3v) is 9.67. The minimum absolute atomic E-state index is 0.0621. The maximum absolute atomic E-state index is 13.3. The third kappa shape index (κ3) is 3.45. The van der Waals surface area contributed by atoms with Crippen molar-refractivity contribution in [3.8, 4) is 0 Å². The lowest BCUT2D eigenvalue weighted by molar-refractivity contribution is -0.189. The maximum atomic E-state index is 13.3. The topological polar surface area (TPSA) is 87.1 Å². The third-order valence-electron chi connectivity index (χ3n) is 9.67. The Morgan fingerprint density at radius 1 is 0.935 bits per heavy atom. The van der Waals surface area contributed by atoms with Gasteiger partial charge < -0.3 is 14.9 Å². The Morgan fingerprint density at radius 2 is 1.48 bits per heavy atom. The first-order valence-corrected chi connectivity index (χ1v) is 12.8. The summed E-state index contributed by atoms with van der Waals surface area (Å²) in [7, 11) is 0. The molecule has 8 unspecified atom stereocenters. The van der Waals surface area contributed by atoms with Crippen molar-refractivity contribution in [2.75, 3.05) is 0 Å². The highest BCUT2D eigenvalue weighted by Crippen LogP contribution is 2.81. The summed E-state index contributed by atoms with van der Waals surface area (Å²) >= 11 is 0. The van der Waals surface area contributed by atoms with Gasteiger partial charge >= 0.3 is 11.9 Å². The van der Waals surface area contributed by atoms with Gasteiger partial charge in [-0.05, 0) is 38.0 Å². The van der Waals surface area contributed by atoms with Crippen molar-refractivity contribution in [1.82, 2.24) is 0 Å². The van der Waals surface area contributed by atoms with E-state index in [1.807, 2.05) is 0 Å². The van der Waals surface area contributed by atoms with E-state index in [1.165, 1.54) is 0 Å². The summed E-state index contributed by atoms with van der Waals surface area (Å²) in [5.74, 6) is -1.37. The van der Waals surface area contributed by atoms with E-state index in [1.54, 1.807) is 6.92 Å². The molecule has 2 N–H and O–H groups in total. The number of ether oxygens (including phenoxy) is 1. The fraction of sp³-hybridized carbons (Fsp3) is 0.923. The average Bonchev–Trinajstić information content (AvgIpc) is 3.44. The van der Waals surface area contributed by atoms with Gasteiger partial charge in [-0.1, -0.05) is 79.1 Å². The maximum Gasteiger partial charge on any atom is 0.311 e. The van der Waals surface area contributed by atoms with E-state index in [0.29, 0.717) is 18.8 Å². The molecule has 1 heterocycles. The molecule has 0 amide bonds. The lowest BCUT2D eigenvalue weighted by Gasteiger charge is -2.52. The normalized spacial score (nSPS) is 39.8. The predicted octanol–water partition coefficient (Wildman–Crippen LogP) is 6.15. The van der Waals surface area contributed by atoms with Crippen LogP contribution in [0.4, 0.5) is 0 Å². The largest absolute Gasteiger partial charge is 0.481 e. The predicted molar refractivity (Wildman–Crippen MR) is 121 cm³/mol. The molecule has 3 fully saturated rings. The number of carboxylic acids is 2. The summed E-state index contributed by atoms with van der Waals surface area (Å²) in [4.78, 5) is 26.1. The molecule has 3 rings (SSSR count). The molecule has 1 saturated heterocycles. The molecule has 31 heavy (non-hydrogen) atoms. The van der Waals surface area contributed by atoms with Crippen LogP contribution in [0.3, 0.4) is 0 Å². The highest BCUT2D eigenvalue weighted by Gasteiger charge is 2.88. The minimum Gasteiger partial charge on any atom is -0.481 e. The molecule has 2 aliphatic carbocycles. The molecule has 5 nitrogen and oxygen atoms in total. The number of epoxide rings is 1. The van der Waals surface area contributed by atoms with E-state index in [0.717, 1.165) is 57.8 Å². The fourth-order valence-corrected chi connectivity index (χ4v) is 7.77. The summed E-state index contributed by atoms with van der Waals surface area (Å²) in [5, 5.41) is 21.4. The first-order valence-electron chi connectivity index (χ1n) is 12.8. The van der Waals surface area contributed by atoms with Crippen molar-refractivity contribution >= 4 is 11.9 Å². The van der Waals surface area contributed by atoms with Crippen LogP contribution in [0.15, 0.2) is 0 Å². The average molecular weight is 437 g/mol. The van der Waals surface area contributed by atoms with Crippen molar-refractivity contribution in [2.24, 2.45) is 34.0 Å². The van der Waals surface area contributed by atoms with Gasteiger partial charge in [-0.15, -0.1) is 0 Å². The first-order chi connectivity index (χ1) is 14.7. The summed E-state index contributed by atoms with van der Waals surface area (Å²) in [5.41, 5.74) is -3.10. The number of carbonyl (C=O) groups is 2. The summed E-state index contributed by atoms with van der Waals surface area (Å²) < 4.78 is 6.11. The molecule has 0 radical (unpaired) electrons. The zero-order valence-electron chi connectivity index (χ0n) is 20.3. The molecule has 8 atom stereocenters. The van der Waals surface area contributed by atoms with E-state index < -0.39 is 28.2 Å². The quantitative estimate of drug-likeness (QED) is 0.319. The number of aliphatic carboxylic acids is 2. The highest BCUT2D eigenvalue weighted by atomic mass is 16.6. The number of rotatable bonds is 14. The molecule has 5 heteroatoms. The van der Waals surface area contributed by atoms with Crippen molar-refractivity contribution in [1.29, 1.82) is 0 Å². The van der Waals surface area contributed by atoms with Crippen LogP contribution in [-0.2, 0) is 14.3 Å². The summed E-state index contributed by atoms with van der Waals surface area (Å²) in [6.07, 6.45) is 10.2. The molecule has 2 bridgehead atoms. The second-order valence-corrected chi connectivity index (χ2v) is 10.9. The van der Waals surface area contributed by atoms with Crippen LogP contribution in [0.1, 0.15) is 105 Å². The van der Waals surface area contributed by atoms with Gasteiger partial charge in [0.05, 0.1) is 23.0 Å². The molecule has 0 aromatic carbocycles. The van der Waals surface area contributed by atoms with E-state index in [9.17, 15) is 19.8 Å². The Kier molecular flexibility index (Phi) is 7.15. The van der Waals surface area contributed by atoms with Gasteiger partial charge in [0.1, 0.15) is 0 Å². The van der Waals surface area contributed by atoms with Crippen LogP contribution in [0.5, 0.6) is 0 Å². The molecule has 0 spiro atoms. The Labute approximate surface area is 188 Å². The molecule has 1 aliphatic heterocycles. The molecule has 2 saturated carbocycles. The van der Waals surface area contributed by atoms with Gasteiger partial charge in [-0.3, -0.25) is 9.59 Å². The second-order valence-electron chi connectivity index (χ2n) is 10.9. The number of hydrogen-bond donors (Lipinski definition) is 2. The number of hydrogen-bond acceptors (Lipinski definition) is 3. The smallest absolute Gasteiger partial charge is 0.311 e. The van der Waals surface area contributed by atoms with Crippen molar-refractivity contribution < 1.29 is 24.5 Å². The van der Waals surface area contributed by atoms with Crippen LogP contribution in [-0.4, -0.2) is 34.4 Å². The Balaban J connectivity index is 2.09. The molecule has 0 aromatic heterocycles. The lowest BCUT2D eigenvalue weighted by Crippen LogP contribution is -2.62. The van der Waals surface area contributed by atoms with E-state index in [-0.39, 0.29) is 24.0 Å². The van der Waals surface area contributed by atoms with Crippen molar-refractivity contribution in [3.05, 3.63) is 0 Å². The Bertz CT molecular complexity index is 677. The van der Waals surface area contributed by atoms with Gasteiger partial charge in [-0.25, -0.2) is 0 Å². The minimum atomic E-state index is -1.28. The molecular formula is C26H44O5. The summed E-state index contributed by atoms with van der Waals surface area (Å²) in [6.45, 7) is 10.4. The second kappa shape index (κ2) is 9.03. The Morgan fingerprint density at radius 3 is 1.94 bits per heavy atom. The van der Waals surface area contributed by atoms with E-state index in [2.05, 4.69) is 27.7 Å². The zero-order valence-corrected chi connectivity index (χ0v) is 20.3. The highest BCUT2D eigenvalue weighted by molar-refractivity contribution is 5.90. The number of carboxylic acid groups (broad SMARTS) is 2. The molecule has 3 aliphatic rings. The van der Waals surface area contributed by atoms with Crippen LogP contribution in [0.2, 0.25) is 0 Å². The monoisotopic (exact) mass is 436 g/mol. The van der Waals surface area contributed by atoms with Crippen LogP contribution in [0, 0.1) is 34.0 Å². The van der Waals surface area contributed by atoms with Crippen molar-refractivity contribution in [3.63, 3.8) is 0 Å². The standard InChI is InChI=1S/C26H44O5/c1-6-10-12-17(8-3)14-25-16-19(20-21(25)31-20)24(5,22(27)28)26(25,23(29)30)15-18(9-4)13-11-7-2/h17-21H,6-16H2,1-5H3,(H,27,28)(H,29,30). The van der Waals surface area contributed by atoms with Crippen molar-refractivity contribution in [2.45, 2.75) is 117 Å². The van der Waals surface area contributed by atoms with E-state index in [4.69, 9.17) is 4.74 Å². The molecule has 0 aromatic rings. The van der Waals surface area contributed by atoms with E-state index >= 15 is 0 Å². The van der Waals surface area contributed by atoms with Crippen LogP contribution >= 0.6 is 0 Å². The van der Waals surface area contributed by atoms with Gasteiger partial charge in [0.2, 0.25) is 0 Å². The fourth-order valence-electron chi connectivity index (χ4n) is 7.77. The van der Waals surface area contributed by atoms with Gasteiger partial charge in [0, 0.05) is 11.3 Å². The molecule has 178 valence electrons. The van der Waals surface area contributed by atoms with Crippen LogP contribution in [0.25, 0.3) is 0 Å². The Hall–Kier alpha value is -1.10. The SMILES string of the molecule is CCCCC(CC)CC12CC(C3OC31)C(C)(C(=O)O)C2(CC(CC)CCCC)C(=O)O. The van der Waals surface area contributed by atoms with Crippen LogP contribution < -0.4 is 0 Å². The van der Waals surface area contributed by atoms with Gasteiger partial charge in [0.15, 0.2) is 0 Å². The van der Waals surface area contributed by atoms with Gasteiger partial charge in [0.25, 0.3) is 0 Å². The zero-order chi connectivity index (χ0) is 23.0.